The van der Waals surface area contributed by atoms with E-state index >= 15 is 0 Å². The minimum absolute atomic E-state index is 0.753. The van der Waals surface area contributed by atoms with Gasteiger partial charge in [-0.05, 0) is 29.8 Å². The molecule has 0 spiro atoms. The van der Waals surface area contributed by atoms with Gasteiger partial charge in [-0.1, -0.05) is 27.5 Å². The summed E-state index contributed by atoms with van der Waals surface area (Å²) in [5.41, 5.74) is 2.20. The fourth-order valence-corrected chi connectivity index (χ4v) is 1.95. The van der Waals surface area contributed by atoms with Crippen LogP contribution in [0.25, 0.3) is 10.9 Å². The molecule has 1 aromatic heterocycles. The third-order valence-electron chi connectivity index (χ3n) is 1.94. The van der Waals surface area contributed by atoms with E-state index in [9.17, 15) is 0 Å². The van der Waals surface area contributed by atoms with Crippen molar-refractivity contribution >= 4 is 38.4 Å². The fourth-order valence-electron chi connectivity index (χ4n) is 1.29. The number of pyridine rings is 1. The van der Waals surface area contributed by atoms with Gasteiger partial charge in [0.25, 0.3) is 0 Å². The summed E-state index contributed by atoms with van der Waals surface area (Å²) in [5, 5.41) is 2.70. The second kappa shape index (κ2) is 3.64. The summed E-state index contributed by atoms with van der Waals surface area (Å²) in [6.07, 6.45) is 1.81. The van der Waals surface area contributed by atoms with Crippen molar-refractivity contribution < 1.29 is 0 Å². The molecule has 0 aliphatic rings. The van der Waals surface area contributed by atoms with Crippen LogP contribution in [-0.4, -0.2) is 4.98 Å². The van der Waals surface area contributed by atoms with Crippen molar-refractivity contribution in [3.63, 3.8) is 0 Å². The zero-order valence-electron chi connectivity index (χ0n) is 6.80. The fraction of sp³-hybridized carbons (Fsp3) is 0.100. The number of benzene rings is 1. The maximum atomic E-state index is 5.90. The van der Waals surface area contributed by atoms with Crippen molar-refractivity contribution in [2.45, 2.75) is 5.33 Å². The maximum Gasteiger partial charge on any atom is 0.0706 e. The van der Waals surface area contributed by atoms with Crippen LogP contribution < -0.4 is 0 Å². The molecule has 3 heteroatoms. The van der Waals surface area contributed by atoms with Crippen LogP contribution in [-0.2, 0) is 5.33 Å². The monoisotopic (exact) mass is 255 g/mol. The lowest BCUT2D eigenvalue weighted by Gasteiger charge is -2.02. The SMILES string of the molecule is Clc1ccc2nccc(CBr)c2c1. The van der Waals surface area contributed by atoms with Crippen molar-refractivity contribution in [1.29, 1.82) is 0 Å². The van der Waals surface area contributed by atoms with E-state index in [1.54, 1.807) is 0 Å². The lowest BCUT2D eigenvalue weighted by atomic mass is 10.1. The highest BCUT2D eigenvalue weighted by atomic mass is 79.9. The molecule has 0 saturated carbocycles. The molecule has 0 bridgehead atoms. The molecule has 0 aliphatic heterocycles. The van der Waals surface area contributed by atoms with Gasteiger partial charge < -0.3 is 0 Å². The Morgan fingerprint density at radius 2 is 2.15 bits per heavy atom. The first kappa shape index (κ1) is 8.97. The van der Waals surface area contributed by atoms with Gasteiger partial charge in [0.15, 0.2) is 0 Å². The predicted molar refractivity (Wildman–Crippen MR) is 59.4 cm³/mol. The molecule has 66 valence electrons. The van der Waals surface area contributed by atoms with Crippen LogP contribution in [0.1, 0.15) is 5.56 Å². The molecule has 1 nitrogen and oxygen atoms in total. The average Bonchev–Trinajstić information content (AvgIpc) is 2.17. The first-order chi connectivity index (χ1) is 6.31. The molecular formula is C10H7BrClN. The molecule has 0 unspecified atom stereocenters. The summed E-state index contributed by atoms with van der Waals surface area (Å²) in [4.78, 5) is 4.25. The summed E-state index contributed by atoms with van der Waals surface area (Å²) in [6.45, 7) is 0. The number of halogens is 2. The highest BCUT2D eigenvalue weighted by Crippen LogP contribution is 2.22. The van der Waals surface area contributed by atoms with Crippen LogP contribution in [0.2, 0.25) is 5.02 Å². The zero-order valence-corrected chi connectivity index (χ0v) is 9.14. The maximum absolute atomic E-state index is 5.90. The minimum Gasteiger partial charge on any atom is -0.256 e. The van der Waals surface area contributed by atoms with Crippen molar-refractivity contribution in [2.75, 3.05) is 0 Å². The zero-order chi connectivity index (χ0) is 9.26. The van der Waals surface area contributed by atoms with Gasteiger partial charge in [-0.15, -0.1) is 0 Å². The Morgan fingerprint density at radius 3 is 2.92 bits per heavy atom. The van der Waals surface area contributed by atoms with Gasteiger partial charge in [0.05, 0.1) is 5.52 Å². The second-order valence-corrected chi connectivity index (χ2v) is 3.76. The molecule has 0 fully saturated rings. The molecule has 0 amide bonds. The number of rotatable bonds is 1. The number of hydrogen-bond acceptors (Lipinski definition) is 1. The van der Waals surface area contributed by atoms with E-state index in [0.29, 0.717) is 0 Å². The van der Waals surface area contributed by atoms with E-state index in [1.807, 2.05) is 30.5 Å². The molecular weight excluding hydrogens is 249 g/mol. The van der Waals surface area contributed by atoms with Crippen LogP contribution in [0.3, 0.4) is 0 Å². The van der Waals surface area contributed by atoms with Crippen LogP contribution >= 0.6 is 27.5 Å². The third kappa shape index (κ3) is 1.69. The summed E-state index contributed by atoms with van der Waals surface area (Å²) < 4.78 is 0. The molecule has 2 rings (SSSR count). The lowest BCUT2D eigenvalue weighted by Crippen LogP contribution is -1.84. The van der Waals surface area contributed by atoms with E-state index < -0.39 is 0 Å². The Kier molecular flexibility index (Phi) is 2.51. The quantitative estimate of drug-likeness (QED) is 0.708. The Bertz CT molecular complexity index is 442. The van der Waals surface area contributed by atoms with Crippen LogP contribution in [0.4, 0.5) is 0 Å². The van der Waals surface area contributed by atoms with Crippen LogP contribution in [0.5, 0.6) is 0 Å². The van der Waals surface area contributed by atoms with Crippen LogP contribution in [0, 0.1) is 0 Å². The topological polar surface area (TPSA) is 12.9 Å². The van der Waals surface area contributed by atoms with E-state index in [1.165, 1.54) is 5.56 Å². The van der Waals surface area contributed by atoms with Gasteiger partial charge in [0.2, 0.25) is 0 Å². The van der Waals surface area contributed by atoms with Gasteiger partial charge >= 0.3 is 0 Å². The average molecular weight is 257 g/mol. The van der Waals surface area contributed by atoms with Crippen molar-refractivity contribution in [1.82, 2.24) is 4.98 Å². The summed E-state index contributed by atoms with van der Waals surface area (Å²) in [6, 6.07) is 7.73. The molecule has 0 atom stereocenters. The molecule has 2 aromatic rings. The molecule has 0 aliphatic carbocycles. The van der Waals surface area contributed by atoms with E-state index in [2.05, 4.69) is 20.9 Å². The minimum atomic E-state index is 0.753. The highest BCUT2D eigenvalue weighted by molar-refractivity contribution is 9.08. The third-order valence-corrected chi connectivity index (χ3v) is 2.78. The van der Waals surface area contributed by atoms with Crippen molar-refractivity contribution in [3.05, 3.63) is 41.0 Å². The normalized spacial score (nSPS) is 10.6. The van der Waals surface area contributed by atoms with Gasteiger partial charge in [0.1, 0.15) is 0 Å². The number of alkyl halides is 1. The Labute approximate surface area is 89.9 Å². The number of fused-ring (bicyclic) bond motifs is 1. The summed E-state index contributed by atoms with van der Waals surface area (Å²) >= 11 is 9.34. The molecule has 1 heterocycles. The summed E-state index contributed by atoms with van der Waals surface area (Å²) in [5.74, 6) is 0. The first-order valence-electron chi connectivity index (χ1n) is 3.90. The molecule has 1 aromatic carbocycles. The van der Waals surface area contributed by atoms with Crippen molar-refractivity contribution in [3.8, 4) is 0 Å². The standard InChI is InChI=1S/C10H7BrClN/c11-6-7-3-4-13-10-2-1-8(12)5-9(7)10/h1-5H,6H2. The second-order valence-electron chi connectivity index (χ2n) is 2.77. The smallest absolute Gasteiger partial charge is 0.0706 e. The Morgan fingerprint density at radius 1 is 1.31 bits per heavy atom. The van der Waals surface area contributed by atoms with Crippen molar-refractivity contribution in [2.24, 2.45) is 0 Å². The largest absolute Gasteiger partial charge is 0.256 e. The number of hydrogen-bond donors (Lipinski definition) is 0. The predicted octanol–water partition coefficient (Wildman–Crippen LogP) is 3.78. The van der Waals surface area contributed by atoms with E-state index in [4.69, 9.17) is 11.6 Å². The van der Waals surface area contributed by atoms with E-state index in [-0.39, 0.29) is 0 Å². The Hall–Kier alpha value is -0.600. The number of aromatic nitrogens is 1. The molecule has 0 saturated heterocycles. The van der Waals surface area contributed by atoms with E-state index in [0.717, 1.165) is 21.3 Å². The molecule has 13 heavy (non-hydrogen) atoms. The van der Waals surface area contributed by atoms with Gasteiger partial charge in [-0.25, -0.2) is 0 Å². The first-order valence-corrected chi connectivity index (χ1v) is 5.40. The lowest BCUT2D eigenvalue weighted by molar-refractivity contribution is 1.36. The van der Waals surface area contributed by atoms with Gasteiger partial charge in [-0.2, -0.15) is 0 Å². The van der Waals surface area contributed by atoms with Crippen LogP contribution in [0.15, 0.2) is 30.5 Å². The Balaban J connectivity index is 2.79. The van der Waals surface area contributed by atoms with Gasteiger partial charge in [-0.3, -0.25) is 4.98 Å². The molecule has 0 radical (unpaired) electrons. The molecule has 0 N–H and O–H groups in total. The van der Waals surface area contributed by atoms with Gasteiger partial charge in [0, 0.05) is 21.9 Å². The highest BCUT2D eigenvalue weighted by Gasteiger charge is 2.00. The number of nitrogens with zero attached hydrogens (tertiary/aromatic N) is 1. The summed E-state index contributed by atoms with van der Waals surface area (Å²) in [7, 11) is 0.